The first-order chi connectivity index (χ1) is 12.7. The van der Waals surface area contributed by atoms with Crippen LogP contribution in [0, 0.1) is 12.8 Å². The minimum absolute atomic E-state index is 0.198. The summed E-state index contributed by atoms with van der Waals surface area (Å²) in [7, 11) is 0. The number of rotatable bonds is 5. The van der Waals surface area contributed by atoms with E-state index in [1.54, 1.807) is 11.8 Å². The van der Waals surface area contributed by atoms with Crippen molar-refractivity contribution in [2.24, 2.45) is 5.92 Å². The van der Waals surface area contributed by atoms with E-state index in [4.69, 9.17) is 4.52 Å². The maximum atomic E-state index is 13.0. The van der Waals surface area contributed by atoms with E-state index < -0.39 is 0 Å². The number of carbonyl (C=O) groups is 1. The van der Waals surface area contributed by atoms with Crippen LogP contribution in [0.1, 0.15) is 60.6 Å². The lowest BCUT2D eigenvalue weighted by Crippen LogP contribution is -2.39. The molecule has 1 saturated carbocycles. The lowest BCUT2D eigenvalue weighted by Gasteiger charge is -2.29. The van der Waals surface area contributed by atoms with Crippen molar-refractivity contribution in [3.8, 4) is 0 Å². The maximum Gasteiger partial charge on any atom is 0.254 e. The molecule has 1 atom stereocenters. The molecule has 138 valence electrons. The van der Waals surface area contributed by atoms with Crippen LogP contribution in [0.5, 0.6) is 0 Å². The van der Waals surface area contributed by atoms with E-state index in [0.29, 0.717) is 29.4 Å². The zero-order valence-electron chi connectivity index (χ0n) is 15.2. The lowest BCUT2D eigenvalue weighted by atomic mass is 9.95. The van der Waals surface area contributed by atoms with Crippen molar-refractivity contribution in [2.45, 2.75) is 62.1 Å². The number of aryl methyl sites for hydroxylation is 1. The second kappa shape index (κ2) is 7.82. The van der Waals surface area contributed by atoms with E-state index in [9.17, 15) is 4.79 Å². The number of carbonyl (C=O) groups excluding carboxylic acids is 1. The van der Waals surface area contributed by atoms with Crippen LogP contribution in [0.15, 0.2) is 33.7 Å². The third kappa shape index (κ3) is 3.80. The highest BCUT2D eigenvalue weighted by molar-refractivity contribution is 7.98. The van der Waals surface area contributed by atoms with Crippen molar-refractivity contribution in [1.29, 1.82) is 0 Å². The molecule has 6 heteroatoms. The molecule has 2 heterocycles. The van der Waals surface area contributed by atoms with Crippen LogP contribution in [0.3, 0.4) is 0 Å². The third-order valence-corrected chi connectivity index (χ3v) is 6.53. The Balaban J connectivity index is 1.38. The molecule has 1 aliphatic carbocycles. The SMILES string of the molecule is Cc1noc(CSc2ccc(C(=O)N3CCC[C@@H]3C3CCCC3)cc2)n1. The molecular weight excluding hydrogens is 346 g/mol. The fourth-order valence-corrected chi connectivity index (χ4v) is 5.02. The van der Waals surface area contributed by atoms with Gasteiger partial charge in [0.05, 0.1) is 5.75 Å². The van der Waals surface area contributed by atoms with E-state index in [0.717, 1.165) is 23.4 Å². The summed E-state index contributed by atoms with van der Waals surface area (Å²) in [5, 5.41) is 3.80. The quantitative estimate of drug-likeness (QED) is 0.726. The molecular formula is C20H25N3O2S. The normalized spacial score (nSPS) is 20.8. The number of nitrogens with zero attached hydrogens (tertiary/aromatic N) is 3. The average Bonchev–Trinajstić information content (AvgIpc) is 3.40. The summed E-state index contributed by atoms with van der Waals surface area (Å²) >= 11 is 1.64. The zero-order valence-corrected chi connectivity index (χ0v) is 16.0. The minimum atomic E-state index is 0.198. The van der Waals surface area contributed by atoms with E-state index >= 15 is 0 Å². The number of aromatic nitrogens is 2. The Labute approximate surface area is 158 Å². The zero-order chi connectivity index (χ0) is 17.9. The molecule has 2 aromatic rings. The van der Waals surface area contributed by atoms with Gasteiger partial charge >= 0.3 is 0 Å². The van der Waals surface area contributed by atoms with Gasteiger partial charge in [0, 0.05) is 23.0 Å². The maximum absolute atomic E-state index is 13.0. The van der Waals surface area contributed by atoms with Gasteiger partial charge in [-0.05, 0) is 62.8 Å². The molecule has 5 nitrogen and oxygen atoms in total. The second-order valence-electron chi connectivity index (χ2n) is 7.30. The number of hydrogen-bond donors (Lipinski definition) is 0. The molecule has 0 N–H and O–H groups in total. The molecule has 0 radical (unpaired) electrons. The molecule has 0 unspecified atom stereocenters. The van der Waals surface area contributed by atoms with Crippen LogP contribution >= 0.6 is 11.8 Å². The van der Waals surface area contributed by atoms with Crippen molar-refractivity contribution < 1.29 is 9.32 Å². The minimum Gasteiger partial charge on any atom is -0.338 e. The molecule has 26 heavy (non-hydrogen) atoms. The van der Waals surface area contributed by atoms with Gasteiger partial charge in [-0.3, -0.25) is 4.79 Å². The van der Waals surface area contributed by atoms with Crippen LogP contribution in [0.25, 0.3) is 0 Å². The molecule has 1 amide bonds. The molecule has 1 aromatic carbocycles. The number of hydrogen-bond acceptors (Lipinski definition) is 5. The van der Waals surface area contributed by atoms with Crippen molar-refractivity contribution in [2.75, 3.05) is 6.54 Å². The third-order valence-electron chi connectivity index (χ3n) is 5.54. The first-order valence-electron chi connectivity index (χ1n) is 9.54. The summed E-state index contributed by atoms with van der Waals surface area (Å²) < 4.78 is 5.13. The Kier molecular flexibility index (Phi) is 5.29. The first-order valence-corrected chi connectivity index (χ1v) is 10.5. The Morgan fingerprint density at radius 2 is 1.96 bits per heavy atom. The largest absolute Gasteiger partial charge is 0.338 e. The van der Waals surface area contributed by atoms with Gasteiger partial charge in [0.25, 0.3) is 5.91 Å². The monoisotopic (exact) mass is 371 g/mol. The average molecular weight is 372 g/mol. The van der Waals surface area contributed by atoms with Crippen LogP contribution in [0.4, 0.5) is 0 Å². The van der Waals surface area contributed by atoms with E-state index in [-0.39, 0.29) is 5.91 Å². The molecule has 0 spiro atoms. The van der Waals surface area contributed by atoms with E-state index in [1.165, 1.54) is 32.1 Å². The Bertz CT molecular complexity index is 753. The first kappa shape index (κ1) is 17.6. The van der Waals surface area contributed by atoms with Crippen molar-refractivity contribution in [3.63, 3.8) is 0 Å². The summed E-state index contributed by atoms with van der Waals surface area (Å²) in [4.78, 5) is 20.4. The predicted octanol–water partition coefficient (Wildman–Crippen LogP) is 4.47. The fraction of sp³-hybridized carbons (Fsp3) is 0.550. The van der Waals surface area contributed by atoms with Gasteiger partial charge in [-0.1, -0.05) is 18.0 Å². The van der Waals surface area contributed by atoms with E-state index in [1.807, 2.05) is 31.2 Å². The topological polar surface area (TPSA) is 59.2 Å². The summed E-state index contributed by atoms with van der Waals surface area (Å²) in [6.07, 6.45) is 7.56. The van der Waals surface area contributed by atoms with Crippen molar-refractivity contribution in [3.05, 3.63) is 41.5 Å². The van der Waals surface area contributed by atoms with Crippen LogP contribution in [-0.4, -0.2) is 33.5 Å². The number of thioether (sulfide) groups is 1. The van der Waals surface area contributed by atoms with Gasteiger partial charge in [0.1, 0.15) is 0 Å². The van der Waals surface area contributed by atoms with Gasteiger partial charge in [-0.2, -0.15) is 4.98 Å². The predicted molar refractivity (Wildman–Crippen MR) is 101 cm³/mol. The molecule has 4 rings (SSSR count). The van der Waals surface area contributed by atoms with E-state index in [2.05, 4.69) is 15.0 Å². The van der Waals surface area contributed by atoms with Crippen LogP contribution < -0.4 is 0 Å². The number of likely N-dealkylation sites (tertiary alicyclic amines) is 1. The van der Waals surface area contributed by atoms with Crippen molar-refractivity contribution in [1.82, 2.24) is 15.0 Å². The second-order valence-corrected chi connectivity index (χ2v) is 8.35. The fourth-order valence-electron chi connectivity index (χ4n) is 4.28. The Morgan fingerprint density at radius 1 is 1.19 bits per heavy atom. The van der Waals surface area contributed by atoms with Gasteiger partial charge in [0.15, 0.2) is 5.82 Å². The van der Waals surface area contributed by atoms with Gasteiger partial charge < -0.3 is 9.42 Å². The summed E-state index contributed by atoms with van der Waals surface area (Å²) in [6.45, 7) is 2.72. The summed E-state index contributed by atoms with van der Waals surface area (Å²) in [6, 6.07) is 8.39. The smallest absolute Gasteiger partial charge is 0.254 e. The standard InChI is InChI=1S/C20H25N3O2S/c1-14-21-19(25-22-14)13-26-17-10-8-16(9-11-17)20(24)23-12-4-7-18(23)15-5-2-3-6-15/h8-11,15,18H,2-7,12-13H2,1H3/t18-/m1/s1. The van der Waals surface area contributed by atoms with Crippen molar-refractivity contribution >= 4 is 17.7 Å². The molecule has 2 aliphatic rings. The highest BCUT2D eigenvalue weighted by Gasteiger charge is 2.36. The molecule has 1 aliphatic heterocycles. The Hall–Kier alpha value is -1.82. The highest BCUT2D eigenvalue weighted by atomic mass is 32.2. The summed E-state index contributed by atoms with van der Waals surface area (Å²) in [5.41, 5.74) is 0.799. The lowest BCUT2D eigenvalue weighted by molar-refractivity contribution is 0.0689. The summed E-state index contributed by atoms with van der Waals surface area (Å²) in [5.74, 6) is 2.84. The van der Waals surface area contributed by atoms with Gasteiger partial charge in [0.2, 0.25) is 5.89 Å². The molecule has 2 fully saturated rings. The Morgan fingerprint density at radius 3 is 2.65 bits per heavy atom. The number of benzene rings is 1. The van der Waals surface area contributed by atoms with Gasteiger partial charge in [-0.25, -0.2) is 0 Å². The molecule has 0 bridgehead atoms. The van der Waals surface area contributed by atoms with Crippen LogP contribution in [-0.2, 0) is 5.75 Å². The number of amides is 1. The van der Waals surface area contributed by atoms with Crippen LogP contribution in [0.2, 0.25) is 0 Å². The highest BCUT2D eigenvalue weighted by Crippen LogP contribution is 2.36. The van der Waals surface area contributed by atoms with Gasteiger partial charge in [-0.15, -0.1) is 11.8 Å². The molecule has 1 saturated heterocycles. The molecule has 1 aromatic heterocycles.